The van der Waals surface area contributed by atoms with Gasteiger partial charge in [0.25, 0.3) is 0 Å². The number of hydrogen-bond acceptors (Lipinski definition) is 4. The van der Waals surface area contributed by atoms with Gasteiger partial charge in [0.2, 0.25) is 10.0 Å². The molecule has 0 radical (unpaired) electrons. The topological polar surface area (TPSA) is 67.2 Å². The van der Waals surface area contributed by atoms with Gasteiger partial charge in [0.1, 0.15) is 4.90 Å². The first-order valence-corrected chi connectivity index (χ1v) is 10.6. The molecule has 1 aromatic rings. The molecule has 0 atom stereocenters. The molecule has 1 aliphatic heterocycles. The first kappa shape index (κ1) is 20.4. The van der Waals surface area contributed by atoms with E-state index in [4.69, 9.17) is 0 Å². The second-order valence-corrected chi connectivity index (χ2v) is 10.8. The van der Waals surface area contributed by atoms with Crippen molar-refractivity contribution in [3.05, 3.63) is 11.4 Å². The van der Waals surface area contributed by atoms with Crippen LogP contribution in [0.5, 0.6) is 0 Å². The van der Waals surface area contributed by atoms with E-state index in [1.807, 2.05) is 27.7 Å². The largest absolute Gasteiger partial charge is 0.298 e. The maximum atomic E-state index is 13.0. The molecule has 0 aromatic carbocycles. The Labute approximate surface area is 153 Å². The zero-order valence-corrected chi connectivity index (χ0v) is 17.8. The summed E-state index contributed by atoms with van der Waals surface area (Å²) in [6, 6.07) is -0.0135. The zero-order chi connectivity index (χ0) is 19.2. The summed E-state index contributed by atoms with van der Waals surface area (Å²) in [4.78, 5) is 2.74. The first-order chi connectivity index (χ1) is 11.2. The van der Waals surface area contributed by atoms with E-state index in [-0.39, 0.29) is 17.1 Å². The fraction of sp³-hybridized carbons (Fsp3) is 0.833. The third-order valence-electron chi connectivity index (χ3n) is 4.89. The molecular formula is C18H34N4O2S. The van der Waals surface area contributed by atoms with Crippen LogP contribution in [-0.2, 0) is 15.6 Å². The monoisotopic (exact) mass is 370 g/mol. The van der Waals surface area contributed by atoms with E-state index in [0.29, 0.717) is 16.3 Å². The molecule has 6 nitrogen and oxygen atoms in total. The summed E-state index contributed by atoms with van der Waals surface area (Å²) >= 11 is 0. The standard InChI is InChI=1S/C18H34N4O2S/c1-13-16(14(2)22(19-13)18(6,7)8)25(23,24)20-15-9-11-21(12-10-15)17(3,4)5/h15,20H,9-12H2,1-8H3. The van der Waals surface area contributed by atoms with E-state index in [2.05, 4.69) is 35.5 Å². The predicted octanol–water partition coefficient (Wildman–Crippen LogP) is 2.80. The Hall–Kier alpha value is -0.920. The zero-order valence-electron chi connectivity index (χ0n) is 17.0. The van der Waals surface area contributed by atoms with E-state index >= 15 is 0 Å². The highest BCUT2D eigenvalue weighted by atomic mass is 32.2. The summed E-state index contributed by atoms with van der Waals surface area (Å²) in [5.74, 6) is 0. The summed E-state index contributed by atoms with van der Waals surface area (Å²) < 4.78 is 30.7. The maximum Gasteiger partial charge on any atom is 0.244 e. The summed E-state index contributed by atoms with van der Waals surface area (Å²) in [6.07, 6.45) is 1.67. The van der Waals surface area contributed by atoms with Crippen molar-refractivity contribution in [2.75, 3.05) is 13.1 Å². The lowest BCUT2D eigenvalue weighted by molar-refractivity contribution is 0.100. The van der Waals surface area contributed by atoms with Crippen molar-refractivity contribution in [3.8, 4) is 0 Å². The van der Waals surface area contributed by atoms with Gasteiger partial charge in [0.05, 0.1) is 16.9 Å². The highest BCUT2D eigenvalue weighted by Gasteiger charge is 2.33. The Balaban J connectivity index is 2.18. The summed E-state index contributed by atoms with van der Waals surface area (Å²) in [6.45, 7) is 18.1. The molecule has 0 amide bonds. The number of piperidine rings is 1. The molecule has 2 rings (SSSR count). The fourth-order valence-electron chi connectivity index (χ4n) is 3.62. The second-order valence-electron chi connectivity index (χ2n) is 9.14. The maximum absolute atomic E-state index is 13.0. The van der Waals surface area contributed by atoms with E-state index in [1.165, 1.54) is 0 Å². The molecule has 1 N–H and O–H groups in total. The van der Waals surface area contributed by atoms with Crippen molar-refractivity contribution >= 4 is 10.0 Å². The molecule has 2 heterocycles. The van der Waals surface area contributed by atoms with Crippen LogP contribution in [0.4, 0.5) is 0 Å². The number of hydrogen-bond donors (Lipinski definition) is 1. The molecule has 1 fully saturated rings. The van der Waals surface area contributed by atoms with Crippen molar-refractivity contribution in [1.29, 1.82) is 0 Å². The Morgan fingerprint density at radius 1 is 1.00 bits per heavy atom. The van der Waals surface area contributed by atoms with Crippen LogP contribution in [0.25, 0.3) is 0 Å². The number of sulfonamides is 1. The molecular weight excluding hydrogens is 336 g/mol. The Morgan fingerprint density at radius 3 is 1.92 bits per heavy atom. The minimum Gasteiger partial charge on any atom is -0.298 e. The van der Waals surface area contributed by atoms with Crippen molar-refractivity contribution in [1.82, 2.24) is 19.4 Å². The number of nitrogens with one attached hydrogen (secondary N) is 1. The van der Waals surface area contributed by atoms with Crippen molar-refractivity contribution in [2.24, 2.45) is 0 Å². The Bertz CT molecular complexity index is 715. The van der Waals surface area contributed by atoms with Gasteiger partial charge in [-0.25, -0.2) is 13.1 Å². The molecule has 7 heteroatoms. The van der Waals surface area contributed by atoms with Crippen LogP contribution in [0, 0.1) is 13.8 Å². The predicted molar refractivity (Wildman–Crippen MR) is 101 cm³/mol. The van der Waals surface area contributed by atoms with Crippen molar-refractivity contribution < 1.29 is 8.42 Å². The van der Waals surface area contributed by atoms with Gasteiger partial charge in [-0.1, -0.05) is 0 Å². The van der Waals surface area contributed by atoms with Crippen LogP contribution in [0.3, 0.4) is 0 Å². The average molecular weight is 371 g/mol. The molecule has 1 aromatic heterocycles. The molecule has 0 spiro atoms. The minimum absolute atomic E-state index is 0.0135. The molecule has 0 unspecified atom stereocenters. The highest BCUT2D eigenvalue weighted by Crippen LogP contribution is 2.26. The molecule has 144 valence electrons. The van der Waals surface area contributed by atoms with Gasteiger partial charge in [-0.2, -0.15) is 5.10 Å². The molecule has 25 heavy (non-hydrogen) atoms. The summed E-state index contributed by atoms with van der Waals surface area (Å²) in [5, 5.41) is 4.47. The van der Waals surface area contributed by atoms with Crippen molar-refractivity contribution in [2.45, 2.75) is 90.2 Å². The van der Waals surface area contributed by atoms with E-state index < -0.39 is 10.0 Å². The van der Waals surface area contributed by atoms with Gasteiger partial charge < -0.3 is 0 Å². The number of rotatable bonds is 3. The SMILES string of the molecule is Cc1nn(C(C)(C)C)c(C)c1S(=O)(=O)NC1CCN(C(C)(C)C)CC1. The van der Waals surface area contributed by atoms with Crippen LogP contribution in [0.15, 0.2) is 4.90 Å². The molecule has 0 bridgehead atoms. The van der Waals surface area contributed by atoms with Gasteiger partial charge >= 0.3 is 0 Å². The quantitative estimate of drug-likeness (QED) is 0.888. The Kier molecular flexibility index (Phi) is 5.44. The Morgan fingerprint density at radius 2 is 1.52 bits per heavy atom. The van der Waals surface area contributed by atoms with Gasteiger partial charge in [0, 0.05) is 24.7 Å². The second kappa shape index (κ2) is 6.67. The normalized spacial score (nSPS) is 18.7. The van der Waals surface area contributed by atoms with Gasteiger partial charge in [-0.05, 0) is 68.2 Å². The minimum atomic E-state index is -3.57. The van der Waals surface area contributed by atoms with Crippen molar-refractivity contribution in [3.63, 3.8) is 0 Å². The number of aromatic nitrogens is 2. The van der Waals surface area contributed by atoms with Gasteiger partial charge in [-0.3, -0.25) is 9.58 Å². The highest BCUT2D eigenvalue weighted by molar-refractivity contribution is 7.89. The van der Waals surface area contributed by atoms with Gasteiger partial charge in [0.15, 0.2) is 0 Å². The molecule has 0 saturated carbocycles. The lowest BCUT2D eigenvalue weighted by atomic mass is 9.99. The van der Waals surface area contributed by atoms with E-state index in [1.54, 1.807) is 11.6 Å². The lowest BCUT2D eigenvalue weighted by Gasteiger charge is -2.40. The van der Waals surface area contributed by atoms with Crippen LogP contribution in [0.1, 0.15) is 65.8 Å². The van der Waals surface area contributed by atoms with E-state index in [0.717, 1.165) is 25.9 Å². The third-order valence-corrected chi connectivity index (χ3v) is 6.67. The van der Waals surface area contributed by atoms with Gasteiger partial charge in [-0.15, -0.1) is 0 Å². The van der Waals surface area contributed by atoms with Crippen LogP contribution < -0.4 is 4.72 Å². The number of nitrogens with zero attached hydrogens (tertiary/aromatic N) is 3. The molecule has 0 aliphatic carbocycles. The number of likely N-dealkylation sites (tertiary alicyclic amines) is 1. The average Bonchev–Trinajstić information content (AvgIpc) is 2.73. The summed E-state index contributed by atoms with van der Waals surface area (Å²) in [7, 11) is -3.57. The van der Waals surface area contributed by atoms with Crippen LogP contribution >= 0.6 is 0 Å². The third kappa shape index (κ3) is 4.44. The van der Waals surface area contributed by atoms with E-state index in [9.17, 15) is 8.42 Å². The smallest absolute Gasteiger partial charge is 0.244 e. The summed E-state index contributed by atoms with van der Waals surface area (Å²) in [5.41, 5.74) is 1.14. The number of aryl methyl sites for hydroxylation is 1. The molecule has 1 saturated heterocycles. The molecule has 1 aliphatic rings. The lowest BCUT2D eigenvalue weighted by Crippen LogP contribution is -2.50. The van der Waals surface area contributed by atoms with Crippen LogP contribution in [0.2, 0.25) is 0 Å². The first-order valence-electron chi connectivity index (χ1n) is 9.07. The fourth-order valence-corrected chi connectivity index (χ4v) is 5.31. The van der Waals surface area contributed by atoms with Crippen LogP contribution in [-0.4, -0.2) is 47.8 Å².